The van der Waals surface area contributed by atoms with Gasteiger partial charge in [-0.05, 0) is 42.4 Å². The molecule has 4 rings (SSSR count). The van der Waals surface area contributed by atoms with Gasteiger partial charge in [0, 0.05) is 19.0 Å². The number of nitriles is 1. The molecule has 4 aliphatic rings. The minimum Gasteiger partial charge on any atom is -0.356 e. The maximum Gasteiger partial charge on any atom is 0.471 e. The van der Waals surface area contributed by atoms with E-state index in [-0.39, 0.29) is 48.5 Å². The molecule has 0 aromatic rings. The summed E-state index contributed by atoms with van der Waals surface area (Å²) >= 11 is 0. The number of nitrogens with one attached hydrogen (secondary N) is 3. The van der Waals surface area contributed by atoms with E-state index < -0.39 is 47.9 Å². The fourth-order valence-electron chi connectivity index (χ4n) is 6.61. The van der Waals surface area contributed by atoms with Crippen LogP contribution in [0.3, 0.4) is 0 Å². The van der Waals surface area contributed by atoms with Gasteiger partial charge in [0.1, 0.15) is 18.1 Å². The molecule has 4 fully saturated rings. The Morgan fingerprint density at radius 3 is 2.41 bits per heavy atom. The Morgan fingerprint density at radius 2 is 1.84 bits per heavy atom. The van der Waals surface area contributed by atoms with Crippen LogP contribution in [0.2, 0.25) is 0 Å². The first-order valence-electron chi connectivity index (χ1n) is 13.0. The molecule has 0 aromatic carbocycles. The van der Waals surface area contributed by atoms with E-state index >= 15 is 0 Å². The van der Waals surface area contributed by atoms with Crippen molar-refractivity contribution in [2.75, 3.05) is 13.1 Å². The number of carbonyl (C=O) groups is 4. The number of hydrogen-bond donors (Lipinski definition) is 3. The lowest BCUT2D eigenvalue weighted by atomic mass is 9.95. The average molecular weight is 526 g/mol. The molecule has 2 aliphatic carbocycles. The third-order valence-electron chi connectivity index (χ3n) is 8.82. The topological polar surface area (TPSA) is 131 Å². The number of amides is 4. The second kappa shape index (κ2) is 10.1. The number of piperidine rings is 1. The molecule has 0 spiro atoms. The molecule has 3 N–H and O–H groups in total. The number of alkyl halides is 3. The van der Waals surface area contributed by atoms with E-state index in [1.54, 1.807) is 0 Å². The lowest BCUT2D eigenvalue weighted by Crippen LogP contribution is -2.58. The van der Waals surface area contributed by atoms with Gasteiger partial charge in [0.05, 0.1) is 6.07 Å². The van der Waals surface area contributed by atoms with Gasteiger partial charge < -0.3 is 20.9 Å². The molecule has 6 atom stereocenters. The fraction of sp³-hybridized carbons (Fsp3) is 0.800. The summed E-state index contributed by atoms with van der Waals surface area (Å²) in [7, 11) is 0. The minimum atomic E-state index is -5.13. The zero-order valence-corrected chi connectivity index (χ0v) is 21.1. The van der Waals surface area contributed by atoms with Crippen LogP contribution in [-0.2, 0) is 19.2 Å². The van der Waals surface area contributed by atoms with Crippen molar-refractivity contribution in [3.8, 4) is 6.07 Å². The van der Waals surface area contributed by atoms with Crippen molar-refractivity contribution in [3.63, 3.8) is 0 Å². The summed E-state index contributed by atoms with van der Waals surface area (Å²) in [5, 5.41) is 16.9. The van der Waals surface area contributed by atoms with Crippen molar-refractivity contribution in [1.29, 1.82) is 5.26 Å². The van der Waals surface area contributed by atoms with Gasteiger partial charge in [-0.2, -0.15) is 18.4 Å². The van der Waals surface area contributed by atoms with Gasteiger partial charge in [-0.15, -0.1) is 0 Å². The standard InChI is InChI=1S/C25H34F3N5O4/c1-24(2)16-12-33(22(36)17(9-13-5-3-4-6-13)32-23(37)25(26,27)28)19(18(16)24)21(35)31-15(11-29)10-14-7-8-30-20(14)34/h13-19H,3-10,12H2,1-2H3,(H,30,34)(H,31,35)(H,32,37)/t14-,15-,16?,17-,18?,19?/m0/s1. The molecular formula is C25H34F3N5O4. The van der Waals surface area contributed by atoms with Crippen molar-refractivity contribution in [2.24, 2.45) is 29.1 Å². The smallest absolute Gasteiger partial charge is 0.356 e. The molecule has 0 aromatic heterocycles. The van der Waals surface area contributed by atoms with Crippen LogP contribution in [0.4, 0.5) is 13.2 Å². The van der Waals surface area contributed by atoms with Crippen molar-refractivity contribution in [3.05, 3.63) is 0 Å². The number of likely N-dealkylation sites (tertiary alicyclic amines) is 1. The SMILES string of the molecule is CC1(C)C2CN(C(=O)[C@H](CC3CCCC3)NC(=O)C(F)(F)F)C(C(=O)N[C@H](C#N)C[C@@H]3CCNC3=O)C21. The maximum absolute atomic E-state index is 13.6. The van der Waals surface area contributed by atoms with E-state index in [0.717, 1.165) is 25.7 Å². The highest BCUT2D eigenvalue weighted by molar-refractivity contribution is 5.94. The first kappa shape index (κ1) is 27.2. The van der Waals surface area contributed by atoms with Gasteiger partial charge in [0.2, 0.25) is 17.7 Å². The van der Waals surface area contributed by atoms with Crippen LogP contribution < -0.4 is 16.0 Å². The Morgan fingerprint density at radius 1 is 1.16 bits per heavy atom. The Bertz CT molecular complexity index is 988. The lowest BCUT2D eigenvalue weighted by Gasteiger charge is -2.34. The fourth-order valence-corrected chi connectivity index (χ4v) is 6.61. The molecular weight excluding hydrogens is 491 g/mol. The Labute approximate surface area is 213 Å². The number of hydrogen-bond acceptors (Lipinski definition) is 5. The van der Waals surface area contributed by atoms with Crippen LogP contribution in [0.5, 0.6) is 0 Å². The van der Waals surface area contributed by atoms with E-state index in [2.05, 4.69) is 10.6 Å². The Hall–Kier alpha value is -2.84. The summed E-state index contributed by atoms with van der Waals surface area (Å²) < 4.78 is 39.2. The third kappa shape index (κ3) is 5.55. The Balaban J connectivity index is 1.51. The largest absolute Gasteiger partial charge is 0.471 e. The summed E-state index contributed by atoms with van der Waals surface area (Å²) in [6.45, 7) is 4.64. The van der Waals surface area contributed by atoms with Gasteiger partial charge >= 0.3 is 12.1 Å². The predicted octanol–water partition coefficient (Wildman–Crippen LogP) is 1.63. The van der Waals surface area contributed by atoms with E-state index in [1.165, 1.54) is 4.90 Å². The number of nitrogens with zero attached hydrogens (tertiary/aromatic N) is 2. The van der Waals surface area contributed by atoms with Crippen molar-refractivity contribution in [1.82, 2.24) is 20.9 Å². The van der Waals surface area contributed by atoms with Gasteiger partial charge in [-0.3, -0.25) is 19.2 Å². The molecule has 3 unspecified atom stereocenters. The minimum absolute atomic E-state index is 0.0150. The number of carbonyl (C=O) groups excluding carboxylic acids is 4. The maximum atomic E-state index is 13.6. The first-order chi connectivity index (χ1) is 17.3. The summed E-state index contributed by atoms with van der Waals surface area (Å²) in [5.74, 6) is -4.21. The molecule has 2 saturated carbocycles. The summed E-state index contributed by atoms with van der Waals surface area (Å²) in [5.41, 5.74) is -0.248. The van der Waals surface area contributed by atoms with Gasteiger partial charge in [0.15, 0.2) is 0 Å². The summed E-state index contributed by atoms with van der Waals surface area (Å²) in [4.78, 5) is 52.0. The average Bonchev–Trinajstić information content (AvgIpc) is 3.38. The summed E-state index contributed by atoms with van der Waals surface area (Å²) in [6, 6.07) is -1.28. The number of fused-ring (bicyclic) bond motifs is 1. The van der Waals surface area contributed by atoms with E-state index in [1.807, 2.05) is 25.2 Å². The zero-order valence-electron chi connectivity index (χ0n) is 21.1. The monoisotopic (exact) mass is 525 g/mol. The normalized spacial score (nSPS) is 30.2. The van der Waals surface area contributed by atoms with Crippen LogP contribution in [0.1, 0.15) is 58.8 Å². The second-order valence-electron chi connectivity index (χ2n) is 11.5. The van der Waals surface area contributed by atoms with Crippen molar-refractivity contribution >= 4 is 23.6 Å². The van der Waals surface area contributed by atoms with E-state index in [0.29, 0.717) is 13.0 Å². The van der Waals surface area contributed by atoms with Crippen molar-refractivity contribution in [2.45, 2.75) is 83.1 Å². The molecule has 204 valence electrons. The second-order valence-corrected chi connectivity index (χ2v) is 11.5. The van der Waals surface area contributed by atoms with Gasteiger partial charge in [0.25, 0.3) is 0 Å². The molecule has 2 heterocycles. The zero-order chi connectivity index (χ0) is 27.1. The molecule has 12 heteroatoms. The summed E-state index contributed by atoms with van der Waals surface area (Å²) in [6.07, 6.45) is -0.979. The molecule has 2 aliphatic heterocycles. The Kier molecular flexibility index (Phi) is 7.45. The number of halogens is 3. The highest BCUT2D eigenvalue weighted by atomic mass is 19.4. The van der Waals surface area contributed by atoms with Crippen LogP contribution in [-0.4, -0.2) is 65.9 Å². The van der Waals surface area contributed by atoms with Crippen molar-refractivity contribution < 1.29 is 32.3 Å². The number of rotatable bonds is 8. The quantitative estimate of drug-likeness (QED) is 0.443. The van der Waals surface area contributed by atoms with Crippen LogP contribution in [0.15, 0.2) is 0 Å². The molecule has 4 amide bonds. The van der Waals surface area contributed by atoms with Crippen LogP contribution in [0, 0.1) is 40.4 Å². The molecule has 0 bridgehead atoms. The van der Waals surface area contributed by atoms with Gasteiger partial charge in [-0.1, -0.05) is 39.5 Å². The van der Waals surface area contributed by atoms with Gasteiger partial charge in [-0.25, -0.2) is 0 Å². The van der Waals surface area contributed by atoms with E-state index in [4.69, 9.17) is 0 Å². The lowest BCUT2D eigenvalue weighted by molar-refractivity contribution is -0.175. The highest BCUT2D eigenvalue weighted by Crippen LogP contribution is 2.65. The molecule has 9 nitrogen and oxygen atoms in total. The van der Waals surface area contributed by atoms with E-state index in [9.17, 15) is 37.6 Å². The molecule has 2 saturated heterocycles. The molecule has 37 heavy (non-hydrogen) atoms. The third-order valence-corrected chi connectivity index (χ3v) is 8.82. The molecule has 0 radical (unpaired) electrons. The highest BCUT2D eigenvalue weighted by Gasteiger charge is 2.69. The first-order valence-corrected chi connectivity index (χ1v) is 13.0. The van der Waals surface area contributed by atoms with Crippen LogP contribution in [0.25, 0.3) is 0 Å². The van der Waals surface area contributed by atoms with Crippen LogP contribution >= 0.6 is 0 Å². The predicted molar refractivity (Wildman–Crippen MR) is 124 cm³/mol.